The van der Waals surface area contributed by atoms with Crippen molar-refractivity contribution in [3.8, 4) is 0 Å². The molecule has 5 nitrogen and oxygen atoms in total. The number of carbonyl (C=O) groups is 1. The minimum Gasteiger partial charge on any atom is -0.465 e. The van der Waals surface area contributed by atoms with Gasteiger partial charge in [0.1, 0.15) is 6.61 Å². The number of nitrogen functional groups attached to an aromatic ring is 1. The molecule has 2 N–H and O–H groups in total. The molecular formula is C14H21NO4S. The van der Waals surface area contributed by atoms with Crippen LogP contribution in [0, 0.1) is 0 Å². The summed E-state index contributed by atoms with van der Waals surface area (Å²) in [5.41, 5.74) is 7.24. The summed E-state index contributed by atoms with van der Waals surface area (Å²) in [7, 11) is -3.09. The summed E-state index contributed by atoms with van der Waals surface area (Å²) in [6, 6.07) is 7.26. The Morgan fingerprint density at radius 2 is 1.85 bits per heavy atom. The minimum atomic E-state index is -3.09. The van der Waals surface area contributed by atoms with Crippen LogP contribution in [0.25, 0.3) is 0 Å². The zero-order valence-corrected chi connectivity index (χ0v) is 12.5. The van der Waals surface area contributed by atoms with Gasteiger partial charge in [0, 0.05) is 12.1 Å². The first-order valence-corrected chi connectivity index (χ1v) is 8.45. The summed E-state index contributed by atoms with van der Waals surface area (Å²) in [4.78, 5) is 11.5. The van der Waals surface area contributed by atoms with E-state index in [0.717, 1.165) is 5.56 Å². The number of anilines is 1. The molecule has 0 fully saturated rings. The van der Waals surface area contributed by atoms with Gasteiger partial charge < -0.3 is 10.5 Å². The fraction of sp³-hybridized carbons (Fsp3) is 0.500. The van der Waals surface area contributed by atoms with Crippen molar-refractivity contribution in [3.05, 3.63) is 29.8 Å². The topological polar surface area (TPSA) is 86.5 Å². The largest absolute Gasteiger partial charge is 0.465 e. The van der Waals surface area contributed by atoms with Gasteiger partial charge in [-0.05, 0) is 30.5 Å². The van der Waals surface area contributed by atoms with E-state index in [1.54, 1.807) is 19.1 Å². The molecule has 1 rings (SSSR count). The van der Waals surface area contributed by atoms with E-state index >= 15 is 0 Å². The van der Waals surface area contributed by atoms with Crippen LogP contribution in [0.2, 0.25) is 0 Å². The predicted molar refractivity (Wildman–Crippen MR) is 79.1 cm³/mol. The Labute approximate surface area is 120 Å². The van der Waals surface area contributed by atoms with Crippen LogP contribution < -0.4 is 5.73 Å². The van der Waals surface area contributed by atoms with Gasteiger partial charge in [-0.2, -0.15) is 0 Å². The van der Waals surface area contributed by atoms with Crippen LogP contribution in [-0.4, -0.2) is 32.5 Å². The molecule has 0 bridgehead atoms. The third-order valence-corrected chi connectivity index (χ3v) is 4.59. The van der Waals surface area contributed by atoms with E-state index in [-0.39, 0.29) is 30.5 Å². The van der Waals surface area contributed by atoms with Gasteiger partial charge in [0.2, 0.25) is 0 Å². The Morgan fingerprint density at radius 1 is 1.20 bits per heavy atom. The van der Waals surface area contributed by atoms with Gasteiger partial charge in [-0.25, -0.2) is 8.42 Å². The summed E-state index contributed by atoms with van der Waals surface area (Å²) in [5.74, 6) is -0.349. The van der Waals surface area contributed by atoms with E-state index in [9.17, 15) is 13.2 Å². The number of sulfone groups is 1. The summed E-state index contributed by atoms with van der Waals surface area (Å²) < 4.78 is 27.8. The molecule has 0 radical (unpaired) electrons. The molecule has 112 valence electrons. The van der Waals surface area contributed by atoms with E-state index in [2.05, 4.69) is 0 Å². The Hall–Kier alpha value is -1.56. The van der Waals surface area contributed by atoms with Crippen LogP contribution in [0.15, 0.2) is 24.3 Å². The Morgan fingerprint density at radius 3 is 2.45 bits per heavy atom. The molecule has 6 heteroatoms. The molecule has 20 heavy (non-hydrogen) atoms. The van der Waals surface area contributed by atoms with E-state index < -0.39 is 9.84 Å². The molecule has 0 amide bonds. The number of hydrogen-bond acceptors (Lipinski definition) is 5. The van der Waals surface area contributed by atoms with Crippen molar-refractivity contribution in [2.75, 3.05) is 23.8 Å². The molecule has 0 aliphatic heterocycles. The maximum atomic E-state index is 11.5. The Kier molecular flexibility index (Phi) is 6.51. The average molecular weight is 299 g/mol. The Balaban J connectivity index is 2.25. The molecule has 0 aliphatic carbocycles. The molecule has 0 heterocycles. The maximum Gasteiger partial charge on any atom is 0.306 e. The number of nitrogens with two attached hydrogens (primary N) is 1. The summed E-state index contributed by atoms with van der Waals surface area (Å²) in [6.45, 7) is 1.74. The number of ether oxygens (including phenoxy) is 1. The first kappa shape index (κ1) is 16.5. The normalized spacial score (nSPS) is 11.2. The highest BCUT2D eigenvalue weighted by Gasteiger charge is 2.11. The van der Waals surface area contributed by atoms with Crippen molar-refractivity contribution in [2.24, 2.45) is 0 Å². The second-order valence-electron chi connectivity index (χ2n) is 4.61. The molecular weight excluding hydrogens is 278 g/mol. The standard InChI is InChI=1S/C14H21NO4S/c1-2-10-20(17,18)11-9-19-14(16)8-5-12-3-6-13(15)7-4-12/h3-4,6-7H,2,5,8-11,15H2,1H3. The lowest BCUT2D eigenvalue weighted by atomic mass is 10.1. The highest BCUT2D eigenvalue weighted by atomic mass is 32.2. The molecule has 1 aromatic carbocycles. The first-order chi connectivity index (χ1) is 9.43. The number of benzene rings is 1. The van der Waals surface area contributed by atoms with Crippen molar-refractivity contribution < 1.29 is 17.9 Å². The number of rotatable bonds is 8. The van der Waals surface area contributed by atoms with Gasteiger partial charge >= 0.3 is 5.97 Å². The summed E-state index contributed by atoms with van der Waals surface area (Å²) in [5, 5.41) is 0. The van der Waals surface area contributed by atoms with Crippen molar-refractivity contribution in [1.29, 1.82) is 0 Å². The van der Waals surface area contributed by atoms with Crippen LogP contribution in [0.3, 0.4) is 0 Å². The third-order valence-electron chi connectivity index (χ3n) is 2.77. The lowest BCUT2D eigenvalue weighted by Gasteiger charge is -2.06. The zero-order valence-electron chi connectivity index (χ0n) is 11.7. The zero-order chi connectivity index (χ0) is 15.0. The van der Waals surface area contributed by atoms with E-state index in [1.165, 1.54) is 0 Å². The number of carbonyl (C=O) groups excluding carboxylic acids is 1. The SMILES string of the molecule is CCCS(=O)(=O)CCOC(=O)CCc1ccc(N)cc1. The highest BCUT2D eigenvalue weighted by molar-refractivity contribution is 7.91. The Bertz CT molecular complexity index is 523. The van der Waals surface area contributed by atoms with Gasteiger partial charge in [0.05, 0.1) is 11.5 Å². The fourth-order valence-corrected chi connectivity index (χ4v) is 2.86. The van der Waals surface area contributed by atoms with Crippen molar-refractivity contribution in [1.82, 2.24) is 0 Å². The molecule has 0 unspecified atom stereocenters. The lowest BCUT2D eigenvalue weighted by Crippen LogP contribution is -2.17. The molecule has 1 aromatic rings. The summed E-state index contributed by atoms with van der Waals surface area (Å²) in [6.07, 6.45) is 1.37. The van der Waals surface area contributed by atoms with E-state index in [4.69, 9.17) is 10.5 Å². The molecule has 0 spiro atoms. The van der Waals surface area contributed by atoms with Crippen LogP contribution in [0.5, 0.6) is 0 Å². The molecule has 0 aromatic heterocycles. The van der Waals surface area contributed by atoms with Gasteiger partial charge in [-0.15, -0.1) is 0 Å². The molecule has 0 atom stereocenters. The minimum absolute atomic E-state index is 0.0666. The van der Waals surface area contributed by atoms with Gasteiger partial charge in [-0.3, -0.25) is 4.79 Å². The number of esters is 1. The fourth-order valence-electron chi connectivity index (χ4n) is 1.70. The lowest BCUT2D eigenvalue weighted by molar-refractivity contribution is -0.142. The van der Waals surface area contributed by atoms with Crippen molar-refractivity contribution in [2.45, 2.75) is 26.2 Å². The quantitative estimate of drug-likeness (QED) is 0.581. The van der Waals surface area contributed by atoms with E-state index in [1.807, 2.05) is 12.1 Å². The maximum absolute atomic E-state index is 11.5. The van der Waals surface area contributed by atoms with Crippen LogP contribution in [0.4, 0.5) is 5.69 Å². The third kappa shape index (κ3) is 6.56. The molecule has 0 saturated carbocycles. The average Bonchev–Trinajstić information content (AvgIpc) is 2.37. The smallest absolute Gasteiger partial charge is 0.306 e. The number of hydrogen-bond donors (Lipinski definition) is 1. The van der Waals surface area contributed by atoms with Gasteiger partial charge in [-0.1, -0.05) is 19.1 Å². The molecule has 0 saturated heterocycles. The van der Waals surface area contributed by atoms with Gasteiger partial charge in [0.15, 0.2) is 9.84 Å². The van der Waals surface area contributed by atoms with Crippen LogP contribution >= 0.6 is 0 Å². The van der Waals surface area contributed by atoms with Crippen molar-refractivity contribution in [3.63, 3.8) is 0 Å². The predicted octanol–water partition coefficient (Wildman–Crippen LogP) is 1.57. The first-order valence-electron chi connectivity index (χ1n) is 6.63. The number of aryl methyl sites for hydroxylation is 1. The monoisotopic (exact) mass is 299 g/mol. The highest BCUT2D eigenvalue weighted by Crippen LogP contribution is 2.08. The second kappa shape index (κ2) is 7.89. The summed E-state index contributed by atoms with van der Waals surface area (Å²) >= 11 is 0. The second-order valence-corrected chi connectivity index (χ2v) is 6.92. The van der Waals surface area contributed by atoms with Crippen LogP contribution in [-0.2, 0) is 25.8 Å². The van der Waals surface area contributed by atoms with Gasteiger partial charge in [0.25, 0.3) is 0 Å². The molecule has 0 aliphatic rings. The van der Waals surface area contributed by atoms with Crippen LogP contribution in [0.1, 0.15) is 25.3 Å². The van der Waals surface area contributed by atoms with Crippen molar-refractivity contribution >= 4 is 21.5 Å². The van der Waals surface area contributed by atoms with E-state index in [0.29, 0.717) is 18.5 Å².